The van der Waals surface area contributed by atoms with Crippen molar-refractivity contribution in [2.75, 3.05) is 4.90 Å². The molecule has 0 N–H and O–H groups in total. The van der Waals surface area contributed by atoms with Gasteiger partial charge in [-0.2, -0.15) is 0 Å². The van der Waals surface area contributed by atoms with Gasteiger partial charge in [-0.1, -0.05) is 164 Å². The zero-order valence-corrected chi connectivity index (χ0v) is 31.6. The lowest BCUT2D eigenvalue weighted by Gasteiger charge is -2.29. The largest absolute Gasteiger partial charge is 0.455 e. The van der Waals surface area contributed by atoms with Crippen LogP contribution in [0.4, 0.5) is 17.1 Å². The molecule has 1 aromatic heterocycles. The van der Waals surface area contributed by atoms with Gasteiger partial charge < -0.3 is 9.32 Å². The van der Waals surface area contributed by atoms with Crippen molar-refractivity contribution in [3.63, 3.8) is 0 Å². The first-order chi connectivity index (χ1) is 28.8. The number of para-hydroxylation sites is 1. The fourth-order valence-electron chi connectivity index (χ4n) is 9.32. The summed E-state index contributed by atoms with van der Waals surface area (Å²) in [6.45, 7) is 0. The Balaban J connectivity index is 1.11. The Morgan fingerprint density at radius 2 is 0.776 bits per heavy atom. The van der Waals surface area contributed by atoms with Gasteiger partial charge in [-0.3, -0.25) is 0 Å². The molecule has 0 fully saturated rings. The quantitative estimate of drug-likeness (QED) is 0.164. The Kier molecular flexibility index (Phi) is 7.26. The number of hydrogen-bond acceptors (Lipinski definition) is 2. The van der Waals surface area contributed by atoms with Gasteiger partial charge in [0.15, 0.2) is 0 Å². The lowest BCUT2D eigenvalue weighted by Crippen LogP contribution is -2.11. The maximum absolute atomic E-state index is 6.62. The molecule has 2 nitrogen and oxygen atoms in total. The summed E-state index contributed by atoms with van der Waals surface area (Å²) in [5.74, 6) is 0. The van der Waals surface area contributed by atoms with Crippen LogP contribution >= 0.6 is 0 Å². The summed E-state index contributed by atoms with van der Waals surface area (Å²) in [5, 5.41) is 14.5. The monoisotopic (exact) mass is 737 g/mol. The highest BCUT2D eigenvalue weighted by Crippen LogP contribution is 2.47. The van der Waals surface area contributed by atoms with Gasteiger partial charge in [0.1, 0.15) is 11.2 Å². The van der Waals surface area contributed by atoms with Crippen LogP contribution in [0.2, 0.25) is 0 Å². The molecule has 12 rings (SSSR count). The van der Waals surface area contributed by atoms with Crippen molar-refractivity contribution in [3.05, 3.63) is 212 Å². The first-order valence-electron chi connectivity index (χ1n) is 19.9. The Morgan fingerprint density at radius 3 is 1.59 bits per heavy atom. The molecule has 0 spiro atoms. The molecule has 0 aliphatic carbocycles. The Morgan fingerprint density at radius 1 is 0.276 bits per heavy atom. The predicted molar refractivity (Wildman–Crippen MR) is 247 cm³/mol. The molecule has 0 atom stereocenters. The fraction of sp³-hybridized carbons (Fsp3) is 0. The number of anilines is 3. The van der Waals surface area contributed by atoms with Crippen LogP contribution in [0.15, 0.2) is 217 Å². The van der Waals surface area contributed by atoms with Gasteiger partial charge in [0.25, 0.3) is 0 Å². The lowest BCUT2D eigenvalue weighted by molar-refractivity contribution is 0.672. The molecular weight excluding hydrogens is 703 g/mol. The molecule has 12 aromatic rings. The highest BCUT2D eigenvalue weighted by Gasteiger charge is 2.22. The summed E-state index contributed by atoms with van der Waals surface area (Å²) < 4.78 is 6.62. The van der Waals surface area contributed by atoms with Crippen molar-refractivity contribution in [1.29, 1.82) is 0 Å². The molecule has 0 saturated heterocycles. The molecule has 0 saturated carbocycles. The minimum Gasteiger partial charge on any atom is -0.455 e. The van der Waals surface area contributed by atoms with E-state index in [2.05, 4.69) is 217 Å². The SMILES string of the molecule is c1ccc(-c2cc3ccccc3c3ccccc23)c(-c2ccccc2N(c2ccc3c(ccc4ccccc43)c2)c2ccc3oc4c5ccccc5ccc4c3c2)c1. The van der Waals surface area contributed by atoms with Crippen LogP contribution in [0.3, 0.4) is 0 Å². The molecule has 270 valence electrons. The van der Waals surface area contributed by atoms with Crippen LogP contribution in [0, 0.1) is 0 Å². The summed E-state index contributed by atoms with van der Waals surface area (Å²) >= 11 is 0. The van der Waals surface area contributed by atoms with E-state index in [1.165, 1.54) is 65.2 Å². The predicted octanol–water partition coefficient (Wildman–Crippen LogP) is 16.2. The molecule has 1 heterocycles. The molecule has 0 unspecified atom stereocenters. The summed E-state index contributed by atoms with van der Waals surface area (Å²) in [6, 6.07) is 77.2. The molecule has 11 aromatic carbocycles. The minimum absolute atomic E-state index is 0.877. The molecule has 58 heavy (non-hydrogen) atoms. The highest BCUT2D eigenvalue weighted by atomic mass is 16.3. The number of rotatable bonds is 5. The van der Waals surface area contributed by atoms with E-state index in [0.29, 0.717) is 0 Å². The fourth-order valence-corrected chi connectivity index (χ4v) is 9.32. The summed E-state index contributed by atoms with van der Waals surface area (Å²) in [6.07, 6.45) is 0. The van der Waals surface area contributed by atoms with E-state index in [-0.39, 0.29) is 0 Å². The van der Waals surface area contributed by atoms with Crippen molar-refractivity contribution in [1.82, 2.24) is 0 Å². The maximum Gasteiger partial charge on any atom is 0.143 e. The van der Waals surface area contributed by atoms with Gasteiger partial charge in [-0.15, -0.1) is 0 Å². The third-order valence-electron chi connectivity index (χ3n) is 12.0. The maximum atomic E-state index is 6.62. The van der Waals surface area contributed by atoms with Crippen LogP contribution in [0.25, 0.3) is 98.1 Å². The summed E-state index contributed by atoms with van der Waals surface area (Å²) in [5.41, 5.74) is 9.79. The lowest BCUT2D eigenvalue weighted by atomic mass is 9.88. The van der Waals surface area contributed by atoms with E-state index in [1.807, 2.05) is 0 Å². The van der Waals surface area contributed by atoms with Crippen molar-refractivity contribution in [2.45, 2.75) is 0 Å². The van der Waals surface area contributed by atoms with E-state index in [1.54, 1.807) is 0 Å². The average molecular weight is 738 g/mol. The first-order valence-corrected chi connectivity index (χ1v) is 19.9. The van der Waals surface area contributed by atoms with Crippen LogP contribution in [0.1, 0.15) is 0 Å². The topological polar surface area (TPSA) is 16.4 Å². The van der Waals surface area contributed by atoms with Crippen LogP contribution in [-0.4, -0.2) is 0 Å². The minimum atomic E-state index is 0.877. The highest BCUT2D eigenvalue weighted by molar-refractivity contribution is 6.17. The third kappa shape index (κ3) is 5.05. The van der Waals surface area contributed by atoms with Gasteiger partial charge in [-0.05, 0) is 114 Å². The van der Waals surface area contributed by atoms with Crippen LogP contribution in [-0.2, 0) is 0 Å². The molecule has 0 radical (unpaired) electrons. The molecule has 2 heteroatoms. The van der Waals surface area contributed by atoms with E-state index in [9.17, 15) is 0 Å². The zero-order chi connectivity index (χ0) is 38.2. The third-order valence-corrected chi connectivity index (χ3v) is 12.0. The molecule has 0 aliphatic heterocycles. The van der Waals surface area contributed by atoms with Gasteiger partial charge >= 0.3 is 0 Å². The van der Waals surface area contributed by atoms with Crippen LogP contribution in [0.5, 0.6) is 0 Å². The van der Waals surface area contributed by atoms with Gasteiger partial charge in [0.2, 0.25) is 0 Å². The molecular formula is C56H35NO. The standard InChI is InChI=1S/C56H35NO/c1-4-16-42-36(13-1)25-26-39-33-40(28-31-44(39)42)57(41-29-32-55-53(35-41)51-30-27-37-14-2-6-18-45(37)56(51)58-55)54-24-12-11-23-50(54)47-20-8-10-22-49(47)52-34-38-15-3-5-17-43(38)46-19-7-9-21-48(46)52/h1-35H. The van der Waals surface area contributed by atoms with E-state index >= 15 is 0 Å². The van der Waals surface area contributed by atoms with E-state index < -0.39 is 0 Å². The number of nitrogens with zero attached hydrogens (tertiary/aromatic N) is 1. The Hall–Kier alpha value is -7.68. The number of furan rings is 1. The van der Waals surface area contributed by atoms with Crippen molar-refractivity contribution in [3.8, 4) is 22.3 Å². The Labute approximate surface area is 335 Å². The first kappa shape index (κ1) is 32.6. The van der Waals surface area contributed by atoms with E-state index in [0.717, 1.165) is 50.0 Å². The molecule has 0 amide bonds. The second-order valence-electron chi connectivity index (χ2n) is 15.2. The smallest absolute Gasteiger partial charge is 0.143 e. The van der Waals surface area contributed by atoms with Gasteiger partial charge in [0.05, 0.1) is 5.69 Å². The number of hydrogen-bond donors (Lipinski definition) is 0. The van der Waals surface area contributed by atoms with Gasteiger partial charge in [-0.25, -0.2) is 0 Å². The van der Waals surface area contributed by atoms with Crippen LogP contribution < -0.4 is 4.90 Å². The summed E-state index contributed by atoms with van der Waals surface area (Å²) in [7, 11) is 0. The average Bonchev–Trinajstić information content (AvgIpc) is 3.68. The Bertz CT molecular complexity index is 3590. The normalized spacial score (nSPS) is 11.8. The number of fused-ring (bicyclic) bond motifs is 11. The van der Waals surface area contributed by atoms with Gasteiger partial charge in [0, 0.05) is 33.1 Å². The molecule has 0 bridgehead atoms. The van der Waals surface area contributed by atoms with Crippen molar-refractivity contribution < 1.29 is 4.42 Å². The zero-order valence-electron chi connectivity index (χ0n) is 31.6. The van der Waals surface area contributed by atoms with Crippen molar-refractivity contribution in [2.24, 2.45) is 0 Å². The second-order valence-corrected chi connectivity index (χ2v) is 15.2. The molecule has 0 aliphatic rings. The summed E-state index contributed by atoms with van der Waals surface area (Å²) in [4.78, 5) is 2.43. The van der Waals surface area contributed by atoms with Crippen molar-refractivity contribution >= 4 is 92.9 Å². The second kappa shape index (κ2) is 12.9. The van der Waals surface area contributed by atoms with E-state index in [4.69, 9.17) is 4.42 Å². The number of benzene rings is 11.